The SMILES string of the molecule is CONC(=O)C1CCC(F)(F)C1. The van der Waals surface area contributed by atoms with Gasteiger partial charge in [-0.15, -0.1) is 0 Å². The number of amides is 1. The first kappa shape index (κ1) is 9.38. The Kier molecular flexibility index (Phi) is 2.62. The Bertz CT molecular complexity index is 184. The molecule has 1 unspecified atom stereocenters. The van der Waals surface area contributed by atoms with Crippen LogP contribution in [0.25, 0.3) is 0 Å². The minimum atomic E-state index is -2.67. The zero-order valence-electron chi connectivity index (χ0n) is 6.77. The molecule has 0 spiro atoms. The number of hydrogen-bond donors (Lipinski definition) is 1. The molecule has 5 heteroatoms. The van der Waals surface area contributed by atoms with Crippen molar-refractivity contribution in [3.05, 3.63) is 0 Å². The Labute approximate surface area is 69.0 Å². The molecular formula is C7H11F2NO2. The summed E-state index contributed by atoms with van der Waals surface area (Å²) in [5, 5.41) is 0. The molecule has 70 valence electrons. The number of carbonyl (C=O) groups is 1. The lowest BCUT2D eigenvalue weighted by Gasteiger charge is -2.09. The fraction of sp³-hybridized carbons (Fsp3) is 0.857. The second-order valence-corrected chi connectivity index (χ2v) is 2.97. The maximum absolute atomic E-state index is 12.6. The second kappa shape index (κ2) is 3.35. The molecule has 1 amide bonds. The van der Waals surface area contributed by atoms with Gasteiger partial charge in [-0.3, -0.25) is 9.63 Å². The highest BCUT2D eigenvalue weighted by molar-refractivity contribution is 5.77. The van der Waals surface area contributed by atoms with Crippen molar-refractivity contribution in [2.24, 2.45) is 5.92 Å². The van der Waals surface area contributed by atoms with E-state index in [1.165, 1.54) is 7.11 Å². The maximum Gasteiger partial charge on any atom is 0.248 e. The molecule has 12 heavy (non-hydrogen) atoms. The molecule has 0 bridgehead atoms. The zero-order chi connectivity index (χ0) is 9.19. The predicted octanol–water partition coefficient (Wildman–Crippen LogP) is 1.10. The molecular weight excluding hydrogens is 168 g/mol. The minimum absolute atomic E-state index is 0.200. The lowest BCUT2D eigenvalue weighted by atomic mass is 10.1. The molecule has 0 saturated heterocycles. The van der Waals surface area contributed by atoms with E-state index in [0.29, 0.717) is 0 Å². The molecule has 1 N–H and O–H groups in total. The van der Waals surface area contributed by atoms with E-state index in [1.54, 1.807) is 0 Å². The molecule has 3 nitrogen and oxygen atoms in total. The van der Waals surface area contributed by atoms with Gasteiger partial charge in [-0.05, 0) is 6.42 Å². The lowest BCUT2D eigenvalue weighted by Crippen LogP contribution is -2.29. The van der Waals surface area contributed by atoms with Gasteiger partial charge in [0.05, 0.1) is 7.11 Å². The quantitative estimate of drug-likeness (QED) is 0.644. The van der Waals surface area contributed by atoms with Crippen LogP contribution in [0.3, 0.4) is 0 Å². The lowest BCUT2D eigenvalue weighted by molar-refractivity contribution is -0.136. The Balaban J connectivity index is 2.41. The molecule has 1 aliphatic carbocycles. The van der Waals surface area contributed by atoms with E-state index in [1.807, 2.05) is 0 Å². The summed E-state index contributed by atoms with van der Waals surface area (Å²) >= 11 is 0. The van der Waals surface area contributed by atoms with Gasteiger partial charge in [0.25, 0.3) is 0 Å². The van der Waals surface area contributed by atoms with Gasteiger partial charge >= 0.3 is 0 Å². The number of carbonyl (C=O) groups excluding carboxylic acids is 1. The summed E-state index contributed by atoms with van der Waals surface area (Å²) in [7, 11) is 1.28. The average Bonchev–Trinajstić information content (AvgIpc) is 2.31. The van der Waals surface area contributed by atoms with Crippen LogP contribution in [0.4, 0.5) is 8.78 Å². The van der Waals surface area contributed by atoms with Crippen LogP contribution in [-0.4, -0.2) is 18.9 Å². The third-order valence-electron chi connectivity index (χ3n) is 1.98. The summed E-state index contributed by atoms with van der Waals surface area (Å²) in [5.41, 5.74) is 2.05. The van der Waals surface area contributed by atoms with E-state index in [0.717, 1.165) is 0 Å². The van der Waals surface area contributed by atoms with Crippen LogP contribution >= 0.6 is 0 Å². The fourth-order valence-electron chi connectivity index (χ4n) is 1.36. The number of hydroxylamine groups is 1. The van der Waals surface area contributed by atoms with Gasteiger partial charge in [-0.2, -0.15) is 0 Å². The van der Waals surface area contributed by atoms with E-state index < -0.39 is 17.7 Å². The number of alkyl halides is 2. The predicted molar refractivity (Wildman–Crippen MR) is 37.4 cm³/mol. The van der Waals surface area contributed by atoms with Crippen molar-refractivity contribution in [3.63, 3.8) is 0 Å². The van der Waals surface area contributed by atoms with E-state index in [9.17, 15) is 13.6 Å². The molecule has 0 aromatic carbocycles. The van der Waals surface area contributed by atoms with Crippen molar-refractivity contribution in [1.29, 1.82) is 0 Å². The minimum Gasteiger partial charge on any atom is -0.277 e. The summed E-state index contributed by atoms with van der Waals surface area (Å²) < 4.78 is 25.1. The molecule has 1 saturated carbocycles. The van der Waals surface area contributed by atoms with E-state index in [2.05, 4.69) is 10.3 Å². The Morgan fingerprint density at radius 1 is 1.67 bits per heavy atom. The summed E-state index contributed by atoms with van der Waals surface area (Å²) in [5.74, 6) is -3.72. The highest BCUT2D eigenvalue weighted by Gasteiger charge is 2.42. The van der Waals surface area contributed by atoms with Crippen molar-refractivity contribution < 1.29 is 18.4 Å². The molecule has 1 atom stereocenters. The average molecular weight is 179 g/mol. The maximum atomic E-state index is 12.6. The molecule has 0 radical (unpaired) electrons. The zero-order valence-corrected chi connectivity index (χ0v) is 6.77. The van der Waals surface area contributed by atoms with E-state index in [-0.39, 0.29) is 19.3 Å². The van der Waals surface area contributed by atoms with Crippen molar-refractivity contribution in [2.75, 3.05) is 7.11 Å². The van der Waals surface area contributed by atoms with Gasteiger partial charge in [0.2, 0.25) is 11.8 Å². The smallest absolute Gasteiger partial charge is 0.248 e. The van der Waals surface area contributed by atoms with Crippen LogP contribution < -0.4 is 5.48 Å². The first-order chi connectivity index (χ1) is 5.55. The largest absolute Gasteiger partial charge is 0.277 e. The van der Waals surface area contributed by atoms with E-state index >= 15 is 0 Å². The van der Waals surface area contributed by atoms with Gasteiger partial charge in [0.15, 0.2) is 0 Å². The highest BCUT2D eigenvalue weighted by Crippen LogP contribution is 2.38. The van der Waals surface area contributed by atoms with Crippen LogP contribution in [0.5, 0.6) is 0 Å². The van der Waals surface area contributed by atoms with Crippen LogP contribution in [0.2, 0.25) is 0 Å². The van der Waals surface area contributed by atoms with Crippen molar-refractivity contribution >= 4 is 5.91 Å². The van der Waals surface area contributed by atoms with Crippen LogP contribution in [-0.2, 0) is 9.63 Å². The number of nitrogens with one attached hydrogen (secondary N) is 1. The molecule has 0 aromatic heterocycles. The Morgan fingerprint density at radius 3 is 2.75 bits per heavy atom. The van der Waals surface area contributed by atoms with Gasteiger partial charge < -0.3 is 0 Å². The van der Waals surface area contributed by atoms with Crippen molar-refractivity contribution in [1.82, 2.24) is 5.48 Å². The number of rotatable bonds is 2. The first-order valence-corrected chi connectivity index (χ1v) is 3.76. The fourth-order valence-corrected chi connectivity index (χ4v) is 1.36. The topological polar surface area (TPSA) is 38.3 Å². The van der Waals surface area contributed by atoms with Gasteiger partial charge in [-0.25, -0.2) is 14.3 Å². The van der Waals surface area contributed by atoms with E-state index in [4.69, 9.17) is 0 Å². The summed E-state index contributed by atoms with van der Waals surface area (Å²) in [4.78, 5) is 15.3. The molecule has 0 aliphatic heterocycles. The molecule has 0 aromatic rings. The number of hydrogen-bond acceptors (Lipinski definition) is 2. The standard InChI is InChI=1S/C7H11F2NO2/c1-12-10-6(11)5-2-3-7(8,9)4-5/h5H,2-4H2,1H3,(H,10,11). The molecule has 1 aliphatic rings. The van der Waals surface area contributed by atoms with Crippen LogP contribution in [0.1, 0.15) is 19.3 Å². The third kappa shape index (κ3) is 2.14. The summed E-state index contributed by atoms with van der Waals surface area (Å²) in [6.07, 6.45) is -0.320. The first-order valence-electron chi connectivity index (χ1n) is 3.76. The monoisotopic (exact) mass is 179 g/mol. The van der Waals surface area contributed by atoms with Crippen LogP contribution in [0.15, 0.2) is 0 Å². The van der Waals surface area contributed by atoms with Gasteiger partial charge in [0.1, 0.15) is 0 Å². The Hall–Kier alpha value is -0.710. The van der Waals surface area contributed by atoms with Gasteiger partial charge in [-0.1, -0.05) is 0 Å². The van der Waals surface area contributed by atoms with Gasteiger partial charge in [0, 0.05) is 18.8 Å². The summed E-state index contributed by atoms with van der Waals surface area (Å²) in [6.45, 7) is 0. The number of halogens is 2. The van der Waals surface area contributed by atoms with Crippen LogP contribution in [0, 0.1) is 5.92 Å². The van der Waals surface area contributed by atoms with Crippen molar-refractivity contribution in [2.45, 2.75) is 25.2 Å². The highest BCUT2D eigenvalue weighted by atomic mass is 19.3. The normalized spacial score (nSPS) is 27.1. The molecule has 1 fully saturated rings. The molecule has 1 rings (SSSR count). The summed E-state index contributed by atoms with van der Waals surface area (Å²) in [6, 6.07) is 0. The third-order valence-corrected chi connectivity index (χ3v) is 1.98. The second-order valence-electron chi connectivity index (χ2n) is 2.97. The van der Waals surface area contributed by atoms with Crippen molar-refractivity contribution in [3.8, 4) is 0 Å². The Morgan fingerprint density at radius 2 is 2.33 bits per heavy atom. The molecule has 0 heterocycles.